The van der Waals surface area contributed by atoms with Crippen LogP contribution in [0.1, 0.15) is 15.9 Å². The van der Waals surface area contributed by atoms with Crippen molar-refractivity contribution >= 4 is 17.3 Å². The minimum absolute atomic E-state index is 0.127. The van der Waals surface area contributed by atoms with Crippen LogP contribution >= 0.6 is 0 Å². The summed E-state index contributed by atoms with van der Waals surface area (Å²) in [5, 5.41) is 3.43. The molecule has 1 aromatic carbocycles. The zero-order chi connectivity index (χ0) is 22.6. The van der Waals surface area contributed by atoms with E-state index in [1.165, 1.54) is 0 Å². The Morgan fingerprint density at radius 1 is 1.24 bits per heavy atom. The van der Waals surface area contributed by atoms with Crippen molar-refractivity contribution in [2.75, 3.05) is 65.0 Å². The summed E-state index contributed by atoms with van der Waals surface area (Å²) in [6, 6.07) is 7.39. The smallest absolute Gasteiger partial charge is 0.191 e. The number of nitrogens with one attached hydrogen (secondary N) is 1. The van der Waals surface area contributed by atoms with Gasteiger partial charge in [0, 0.05) is 55.8 Å². The van der Waals surface area contributed by atoms with Gasteiger partial charge in [0.15, 0.2) is 17.3 Å². The molecule has 0 radical (unpaired) electrons. The second-order valence-electron chi connectivity index (χ2n) is 7.94. The van der Waals surface area contributed by atoms with Gasteiger partial charge < -0.3 is 24.4 Å². The molecular formula is C24H27N5O4. The minimum atomic E-state index is -0.127. The van der Waals surface area contributed by atoms with E-state index in [9.17, 15) is 4.79 Å². The molecular weight excluding hydrogens is 422 g/mol. The fourth-order valence-electron chi connectivity index (χ4n) is 4.22. The number of pyridine rings is 1. The molecule has 0 bridgehead atoms. The highest BCUT2D eigenvalue weighted by Crippen LogP contribution is 2.43. The first-order chi connectivity index (χ1) is 16.2. The Morgan fingerprint density at radius 3 is 2.91 bits per heavy atom. The molecule has 33 heavy (non-hydrogen) atoms. The third-order valence-electron chi connectivity index (χ3n) is 5.94. The summed E-state index contributed by atoms with van der Waals surface area (Å²) >= 11 is 0. The Balaban J connectivity index is 1.44. The van der Waals surface area contributed by atoms with E-state index in [0.29, 0.717) is 42.6 Å². The van der Waals surface area contributed by atoms with Gasteiger partial charge in [-0.1, -0.05) is 0 Å². The van der Waals surface area contributed by atoms with E-state index in [0.717, 1.165) is 49.9 Å². The Labute approximate surface area is 192 Å². The maximum absolute atomic E-state index is 12.9. The van der Waals surface area contributed by atoms with Gasteiger partial charge in [0.25, 0.3) is 0 Å². The number of ketones is 1. The number of allylic oxidation sites excluding steroid dienone is 1. The topological polar surface area (TPSA) is 88.5 Å². The van der Waals surface area contributed by atoms with Crippen LogP contribution in [0.25, 0.3) is 0 Å². The molecule has 0 amide bonds. The van der Waals surface area contributed by atoms with Crippen molar-refractivity contribution in [2.45, 2.75) is 0 Å². The number of carbonyl (C=O) groups is 1. The average Bonchev–Trinajstić information content (AvgIpc) is 3.36. The Morgan fingerprint density at radius 2 is 2.12 bits per heavy atom. The number of morpholine rings is 1. The molecule has 3 aliphatic rings. The minimum Gasteiger partial charge on any atom is -0.493 e. The molecule has 0 atom stereocenters. The lowest BCUT2D eigenvalue weighted by atomic mass is 10.1. The molecule has 172 valence electrons. The van der Waals surface area contributed by atoms with Crippen LogP contribution in [0.4, 0.5) is 5.69 Å². The molecule has 4 heterocycles. The van der Waals surface area contributed by atoms with Crippen molar-refractivity contribution in [3.8, 4) is 11.5 Å². The summed E-state index contributed by atoms with van der Waals surface area (Å²) < 4.78 is 17.3. The summed E-state index contributed by atoms with van der Waals surface area (Å²) in [4.78, 5) is 26.0. The molecule has 5 rings (SSSR count). The molecule has 1 saturated heterocycles. The van der Waals surface area contributed by atoms with Gasteiger partial charge in [-0.25, -0.2) is 0 Å². The zero-order valence-electron chi connectivity index (χ0n) is 18.6. The largest absolute Gasteiger partial charge is 0.493 e. The van der Waals surface area contributed by atoms with Crippen molar-refractivity contribution in [2.24, 2.45) is 4.99 Å². The lowest BCUT2D eigenvalue weighted by Crippen LogP contribution is -2.39. The summed E-state index contributed by atoms with van der Waals surface area (Å²) in [6.45, 7) is 5.98. The fraction of sp³-hybridized carbons (Fsp3) is 0.375. The maximum atomic E-state index is 12.9. The lowest BCUT2D eigenvalue weighted by Gasteiger charge is -2.33. The van der Waals surface area contributed by atoms with Crippen molar-refractivity contribution in [3.05, 3.63) is 59.7 Å². The first kappa shape index (κ1) is 21.4. The highest BCUT2D eigenvalue weighted by molar-refractivity contribution is 6.11. The van der Waals surface area contributed by atoms with Crippen LogP contribution in [-0.4, -0.2) is 86.1 Å². The van der Waals surface area contributed by atoms with Gasteiger partial charge >= 0.3 is 0 Å². The number of fused-ring (bicyclic) bond motifs is 3. The number of methoxy groups -OCH3 is 1. The Bertz CT molecular complexity index is 1080. The first-order valence-electron chi connectivity index (χ1n) is 11.1. The predicted molar refractivity (Wildman–Crippen MR) is 124 cm³/mol. The Hall–Kier alpha value is -3.43. The standard InChI is InChI=1S/C24H27N5O4/c1-31-20-5-4-18-22(23(20)33-14-11-28-9-12-32-13-10-28)27-21(29-8-7-26-24(18)29)15-19(30)17-3-2-6-25-16-17/h2-6,15-16,27H,7-14H2,1H3. The summed E-state index contributed by atoms with van der Waals surface area (Å²) in [6.07, 6.45) is 4.81. The van der Waals surface area contributed by atoms with Crippen LogP contribution in [0, 0.1) is 0 Å². The number of nitrogens with zero attached hydrogens (tertiary/aromatic N) is 4. The summed E-state index contributed by atoms with van der Waals surface area (Å²) in [5.74, 6) is 2.62. The molecule has 1 aromatic heterocycles. The van der Waals surface area contributed by atoms with Crippen LogP contribution in [0.5, 0.6) is 11.5 Å². The van der Waals surface area contributed by atoms with Gasteiger partial charge in [-0.2, -0.15) is 0 Å². The molecule has 0 aliphatic carbocycles. The van der Waals surface area contributed by atoms with Gasteiger partial charge in [0.2, 0.25) is 0 Å². The van der Waals surface area contributed by atoms with E-state index < -0.39 is 0 Å². The van der Waals surface area contributed by atoms with E-state index in [4.69, 9.17) is 19.2 Å². The third kappa shape index (κ3) is 4.42. The zero-order valence-corrected chi connectivity index (χ0v) is 18.6. The molecule has 9 heteroatoms. The summed E-state index contributed by atoms with van der Waals surface area (Å²) in [5.41, 5.74) is 2.22. The third-order valence-corrected chi connectivity index (χ3v) is 5.94. The number of rotatable bonds is 7. The normalized spacial score (nSPS) is 18.9. The molecule has 0 spiro atoms. The highest BCUT2D eigenvalue weighted by atomic mass is 16.5. The number of hydrogen-bond acceptors (Lipinski definition) is 9. The average molecular weight is 450 g/mol. The van der Waals surface area contributed by atoms with Crippen LogP contribution in [0.2, 0.25) is 0 Å². The number of benzene rings is 1. The van der Waals surface area contributed by atoms with Gasteiger partial charge in [-0.3, -0.25) is 19.7 Å². The van der Waals surface area contributed by atoms with Crippen molar-refractivity contribution in [1.82, 2.24) is 14.8 Å². The molecule has 0 saturated carbocycles. The van der Waals surface area contributed by atoms with Gasteiger partial charge in [-0.15, -0.1) is 0 Å². The monoisotopic (exact) mass is 449 g/mol. The molecule has 2 aromatic rings. The van der Waals surface area contributed by atoms with Crippen LogP contribution in [0.3, 0.4) is 0 Å². The quantitative estimate of drug-likeness (QED) is 0.507. The summed E-state index contributed by atoms with van der Waals surface area (Å²) in [7, 11) is 1.63. The number of carbonyl (C=O) groups excluding carboxylic acids is 1. The maximum Gasteiger partial charge on any atom is 0.191 e. The molecule has 0 unspecified atom stereocenters. The molecule has 1 N–H and O–H groups in total. The van der Waals surface area contributed by atoms with Crippen LogP contribution < -0.4 is 14.8 Å². The highest BCUT2D eigenvalue weighted by Gasteiger charge is 2.33. The van der Waals surface area contributed by atoms with Crippen molar-refractivity contribution in [3.63, 3.8) is 0 Å². The van der Waals surface area contributed by atoms with Crippen molar-refractivity contribution < 1.29 is 19.0 Å². The Kier molecular flexibility index (Phi) is 6.23. The van der Waals surface area contributed by atoms with Gasteiger partial charge in [-0.05, 0) is 24.3 Å². The van der Waals surface area contributed by atoms with E-state index in [1.807, 2.05) is 17.0 Å². The van der Waals surface area contributed by atoms with E-state index in [1.54, 1.807) is 37.7 Å². The molecule has 1 fully saturated rings. The predicted octanol–water partition coefficient (Wildman–Crippen LogP) is 2.01. The second kappa shape index (κ2) is 9.60. The second-order valence-corrected chi connectivity index (χ2v) is 7.94. The van der Waals surface area contributed by atoms with E-state index in [2.05, 4.69) is 15.2 Å². The van der Waals surface area contributed by atoms with Gasteiger partial charge in [0.1, 0.15) is 18.3 Å². The van der Waals surface area contributed by atoms with Crippen molar-refractivity contribution in [1.29, 1.82) is 0 Å². The molecule has 9 nitrogen and oxygen atoms in total. The lowest BCUT2D eigenvalue weighted by molar-refractivity contribution is 0.0321. The SMILES string of the molecule is COc1ccc2c(c1OCCN1CCOCC1)NC(=CC(=O)c1cccnc1)N1CCN=C21. The number of amidine groups is 1. The first-order valence-corrected chi connectivity index (χ1v) is 11.1. The number of aromatic nitrogens is 1. The fourth-order valence-corrected chi connectivity index (χ4v) is 4.22. The number of aliphatic imine (C=N–C) groups is 1. The van der Waals surface area contributed by atoms with Crippen LogP contribution in [-0.2, 0) is 4.74 Å². The number of ether oxygens (including phenoxy) is 3. The van der Waals surface area contributed by atoms with Crippen LogP contribution in [0.15, 0.2) is 53.5 Å². The molecule has 3 aliphatic heterocycles. The number of anilines is 1. The van der Waals surface area contributed by atoms with E-state index in [-0.39, 0.29) is 5.78 Å². The van der Waals surface area contributed by atoms with E-state index >= 15 is 0 Å². The van der Waals surface area contributed by atoms with Gasteiger partial charge in [0.05, 0.1) is 32.6 Å². The number of hydrogen-bond donors (Lipinski definition) is 1.